The van der Waals surface area contributed by atoms with Crippen LogP contribution < -0.4 is 4.72 Å². The fraction of sp³-hybridized carbons (Fsp3) is 0.318. The molecule has 1 aromatic heterocycles. The van der Waals surface area contributed by atoms with Gasteiger partial charge in [-0.05, 0) is 54.7 Å². The van der Waals surface area contributed by atoms with Crippen LogP contribution in [0.4, 0.5) is 0 Å². The molecule has 1 saturated heterocycles. The lowest BCUT2D eigenvalue weighted by Crippen LogP contribution is -2.39. The minimum atomic E-state index is -3.61. The lowest BCUT2D eigenvalue weighted by Gasteiger charge is -2.32. The van der Waals surface area contributed by atoms with Gasteiger partial charge in [0.15, 0.2) is 0 Å². The number of aromatic amines is 1. The first-order chi connectivity index (χ1) is 14.4. The van der Waals surface area contributed by atoms with Gasteiger partial charge in [-0.2, -0.15) is 0 Å². The number of hydrogen-bond acceptors (Lipinski definition) is 3. The lowest BCUT2D eigenvalue weighted by molar-refractivity contribution is -0.132. The summed E-state index contributed by atoms with van der Waals surface area (Å²) in [6.07, 6.45) is 4.08. The molecular formula is C22H24BrN3O3S. The number of nitrogens with one attached hydrogen (secondary N) is 2. The maximum atomic E-state index is 12.5. The van der Waals surface area contributed by atoms with Crippen molar-refractivity contribution in [3.63, 3.8) is 0 Å². The summed E-state index contributed by atoms with van der Waals surface area (Å²) >= 11 is 3.29. The van der Waals surface area contributed by atoms with E-state index in [1.807, 2.05) is 17.0 Å². The summed E-state index contributed by atoms with van der Waals surface area (Å²) in [5, 5.41) is 1.25. The number of likely N-dealkylation sites (tertiary alicyclic amines) is 1. The lowest BCUT2D eigenvalue weighted by atomic mass is 9.89. The van der Waals surface area contributed by atoms with Crippen LogP contribution >= 0.6 is 15.9 Å². The van der Waals surface area contributed by atoms with E-state index in [1.54, 1.807) is 12.1 Å². The van der Waals surface area contributed by atoms with Crippen LogP contribution in [0.1, 0.15) is 30.7 Å². The Morgan fingerprint density at radius 3 is 2.53 bits per heavy atom. The molecular weight excluding hydrogens is 466 g/mol. The molecule has 0 radical (unpaired) electrons. The van der Waals surface area contributed by atoms with Crippen LogP contribution in [-0.4, -0.2) is 43.8 Å². The van der Waals surface area contributed by atoms with Crippen molar-refractivity contribution in [1.82, 2.24) is 14.6 Å². The van der Waals surface area contributed by atoms with Gasteiger partial charge >= 0.3 is 0 Å². The summed E-state index contributed by atoms with van der Waals surface area (Å²) in [6, 6.07) is 14.7. The first-order valence-electron chi connectivity index (χ1n) is 10.0. The largest absolute Gasteiger partial charge is 0.361 e. The molecule has 6 nitrogen and oxygen atoms in total. The maximum Gasteiger partial charge on any atom is 0.240 e. The monoisotopic (exact) mass is 489 g/mol. The van der Waals surface area contributed by atoms with Crippen molar-refractivity contribution in [2.24, 2.45) is 0 Å². The van der Waals surface area contributed by atoms with Crippen molar-refractivity contribution in [1.29, 1.82) is 0 Å². The molecule has 3 aromatic rings. The number of para-hydroxylation sites is 1. The number of halogens is 1. The molecule has 0 atom stereocenters. The van der Waals surface area contributed by atoms with Gasteiger partial charge in [0.1, 0.15) is 0 Å². The van der Waals surface area contributed by atoms with Crippen LogP contribution in [0.5, 0.6) is 0 Å². The van der Waals surface area contributed by atoms with Crippen molar-refractivity contribution in [3.05, 3.63) is 64.8 Å². The number of rotatable bonds is 6. The highest BCUT2D eigenvalue weighted by atomic mass is 79.9. The summed E-state index contributed by atoms with van der Waals surface area (Å²) < 4.78 is 28.0. The van der Waals surface area contributed by atoms with Gasteiger partial charge in [-0.3, -0.25) is 4.79 Å². The van der Waals surface area contributed by atoms with Gasteiger partial charge in [0.2, 0.25) is 15.9 Å². The quantitative estimate of drug-likeness (QED) is 0.548. The number of aromatic nitrogens is 1. The first kappa shape index (κ1) is 21.1. The zero-order valence-corrected chi connectivity index (χ0v) is 18.9. The predicted molar refractivity (Wildman–Crippen MR) is 121 cm³/mol. The van der Waals surface area contributed by atoms with Crippen molar-refractivity contribution in [3.8, 4) is 0 Å². The Bertz CT molecular complexity index is 1130. The van der Waals surface area contributed by atoms with Gasteiger partial charge in [0.25, 0.3) is 0 Å². The molecule has 0 aliphatic carbocycles. The van der Waals surface area contributed by atoms with Crippen LogP contribution in [-0.2, 0) is 14.8 Å². The molecule has 1 aliphatic rings. The Balaban J connectivity index is 1.28. The normalized spacial score (nSPS) is 15.6. The number of hydrogen-bond donors (Lipinski definition) is 2. The zero-order chi connectivity index (χ0) is 21.1. The van der Waals surface area contributed by atoms with Gasteiger partial charge in [-0.25, -0.2) is 13.1 Å². The second-order valence-corrected chi connectivity index (χ2v) is 10.2. The number of piperidine rings is 1. The van der Waals surface area contributed by atoms with E-state index in [2.05, 4.69) is 44.0 Å². The van der Waals surface area contributed by atoms with Crippen molar-refractivity contribution in [2.45, 2.75) is 30.1 Å². The minimum absolute atomic E-state index is 0.00844. The zero-order valence-electron chi connectivity index (χ0n) is 16.5. The average molecular weight is 490 g/mol. The number of benzene rings is 2. The molecule has 2 N–H and O–H groups in total. The van der Waals surface area contributed by atoms with Crippen LogP contribution in [0.25, 0.3) is 10.9 Å². The maximum absolute atomic E-state index is 12.5. The fourth-order valence-corrected chi connectivity index (χ4v) is 5.32. The Morgan fingerprint density at radius 2 is 1.80 bits per heavy atom. The van der Waals surface area contributed by atoms with Crippen LogP contribution in [0.3, 0.4) is 0 Å². The first-order valence-corrected chi connectivity index (χ1v) is 12.3. The highest BCUT2D eigenvalue weighted by Gasteiger charge is 2.25. The molecule has 0 saturated carbocycles. The van der Waals surface area contributed by atoms with Crippen molar-refractivity contribution >= 4 is 42.8 Å². The SMILES string of the molecule is O=C(CCNS(=O)(=O)c1ccc(Br)cc1)N1CCC(c2c[nH]c3ccccc23)CC1. The van der Waals surface area contributed by atoms with Crippen LogP contribution in [0, 0.1) is 0 Å². The predicted octanol–water partition coefficient (Wildman–Crippen LogP) is 4.01. The van der Waals surface area contributed by atoms with Gasteiger partial charge < -0.3 is 9.88 Å². The smallest absolute Gasteiger partial charge is 0.240 e. The molecule has 0 unspecified atom stereocenters. The Kier molecular flexibility index (Phi) is 6.26. The number of carbonyl (C=O) groups excluding carboxylic acids is 1. The van der Waals surface area contributed by atoms with E-state index in [0.717, 1.165) is 22.8 Å². The molecule has 30 heavy (non-hydrogen) atoms. The molecule has 1 amide bonds. The molecule has 0 bridgehead atoms. The second kappa shape index (κ2) is 8.91. The second-order valence-electron chi connectivity index (χ2n) is 7.55. The minimum Gasteiger partial charge on any atom is -0.361 e. The van der Waals surface area contributed by atoms with Gasteiger partial charge in [-0.15, -0.1) is 0 Å². The number of sulfonamides is 1. The van der Waals surface area contributed by atoms with E-state index in [9.17, 15) is 13.2 Å². The number of H-pyrrole nitrogens is 1. The third-order valence-corrected chi connectivity index (χ3v) is 7.67. The van der Waals surface area contributed by atoms with Crippen molar-refractivity contribution in [2.75, 3.05) is 19.6 Å². The summed E-state index contributed by atoms with van der Waals surface area (Å²) in [5.74, 6) is 0.423. The standard InChI is InChI=1S/C22H24BrN3O3S/c23-17-5-7-18(8-6-17)30(28,29)25-12-9-22(27)26-13-10-16(11-14-26)20-15-24-21-4-2-1-3-19(20)21/h1-8,15-16,24-25H,9-14H2. The van der Waals surface area contributed by atoms with Crippen molar-refractivity contribution < 1.29 is 13.2 Å². The van der Waals surface area contributed by atoms with Gasteiger partial charge in [-0.1, -0.05) is 34.1 Å². The molecule has 0 spiro atoms. The molecule has 2 heterocycles. The number of carbonyl (C=O) groups is 1. The van der Waals surface area contributed by atoms with E-state index in [-0.39, 0.29) is 23.8 Å². The van der Waals surface area contributed by atoms with E-state index < -0.39 is 10.0 Å². The molecule has 8 heteroatoms. The molecule has 1 aliphatic heterocycles. The van der Waals surface area contributed by atoms with E-state index in [0.29, 0.717) is 19.0 Å². The Hall–Kier alpha value is -2.16. The van der Waals surface area contributed by atoms with E-state index in [4.69, 9.17) is 0 Å². The number of fused-ring (bicyclic) bond motifs is 1. The third kappa shape index (κ3) is 4.61. The number of amides is 1. The topological polar surface area (TPSA) is 82.3 Å². The fourth-order valence-electron chi connectivity index (χ4n) is 4.02. The molecule has 2 aromatic carbocycles. The summed E-state index contributed by atoms with van der Waals surface area (Å²) in [6.45, 7) is 1.49. The summed E-state index contributed by atoms with van der Waals surface area (Å²) in [4.78, 5) is 17.9. The van der Waals surface area contributed by atoms with Gasteiger partial charge in [0, 0.05) is 47.6 Å². The number of nitrogens with zero attached hydrogens (tertiary/aromatic N) is 1. The van der Waals surface area contributed by atoms with E-state index in [1.165, 1.54) is 23.1 Å². The highest BCUT2D eigenvalue weighted by molar-refractivity contribution is 9.10. The Morgan fingerprint density at radius 1 is 1.10 bits per heavy atom. The molecule has 158 valence electrons. The van der Waals surface area contributed by atoms with Crippen LogP contribution in [0.2, 0.25) is 0 Å². The van der Waals surface area contributed by atoms with Crippen LogP contribution in [0.15, 0.2) is 64.1 Å². The van der Waals surface area contributed by atoms with Gasteiger partial charge in [0.05, 0.1) is 4.90 Å². The highest BCUT2D eigenvalue weighted by Crippen LogP contribution is 2.33. The summed E-state index contributed by atoms with van der Waals surface area (Å²) in [5.41, 5.74) is 2.46. The molecule has 4 rings (SSSR count). The Labute approximate surface area is 184 Å². The molecule has 1 fully saturated rings. The summed E-state index contributed by atoms with van der Waals surface area (Å²) in [7, 11) is -3.61. The third-order valence-electron chi connectivity index (χ3n) is 5.66. The average Bonchev–Trinajstić information content (AvgIpc) is 3.18. The van der Waals surface area contributed by atoms with E-state index >= 15 is 0 Å².